The van der Waals surface area contributed by atoms with E-state index >= 15 is 0 Å². The molecule has 0 saturated carbocycles. The monoisotopic (exact) mass is 263 g/mol. The van der Waals surface area contributed by atoms with Gasteiger partial charge in [0.2, 0.25) is 0 Å². The Morgan fingerprint density at radius 2 is 2.28 bits per heavy atom. The van der Waals surface area contributed by atoms with Crippen LogP contribution in [0.3, 0.4) is 0 Å². The minimum Gasteiger partial charge on any atom is -0.481 e. The molecule has 0 amide bonds. The molecule has 1 unspecified atom stereocenters. The third-order valence-corrected chi connectivity index (χ3v) is 4.28. The van der Waals surface area contributed by atoms with Gasteiger partial charge in [-0.05, 0) is 43.4 Å². The third kappa shape index (κ3) is 1.54. The van der Waals surface area contributed by atoms with Crippen LogP contribution in [0.25, 0.3) is 10.9 Å². The number of hydrogen-bond donors (Lipinski definition) is 2. The summed E-state index contributed by atoms with van der Waals surface area (Å²) in [5, 5.41) is 11.0. The van der Waals surface area contributed by atoms with Crippen molar-refractivity contribution in [2.75, 3.05) is 0 Å². The molecule has 1 aliphatic carbocycles. The van der Waals surface area contributed by atoms with Crippen LogP contribution in [-0.2, 0) is 11.2 Å². The average Bonchev–Trinajstić information content (AvgIpc) is 2.72. The largest absolute Gasteiger partial charge is 0.481 e. The van der Waals surface area contributed by atoms with E-state index in [0.717, 1.165) is 45.6 Å². The number of fused-ring (bicyclic) bond motifs is 3. The Morgan fingerprint density at radius 1 is 1.50 bits per heavy atom. The minimum absolute atomic E-state index is 0.419. The maximum absolute atomic E-state index is 11.3. The molecular formula is C14H14ClNO2. The number of aryl methyl sites for hydroxylation is 2. The summed E-state index contributed by atoms with van der Waals surface area (Å²) in [6.07, 6.45) is 2.51. The maximum Gasteiger partial charge on any atom is 0.312 e. The Balaban J connectivity index is 2.31. The van der Waals surface area contributed by atoms with Gasteiger partial charge in [0, 0.05) is 16.6 Å². The molecule has 18 heavy (non-hydrogen) atoms. The lowest BCUT2D eigenvalue weighted by Crippen LogP contribution is -2.17. The van der Waals surface area contributed by atoms with E-state index in [1.54, 1.807) is 0 Å². The van der Waals surface area contributed by atoms with Gasteiger partial charge in [0.25, 0.3) is 0 Å². The van der Waals surface area contributed by atoms with Crippen molar-refractivity contribution in [3.05, 3.63) is 34.0 Å². The van der Waals surface area contributed by atoms with Gasteiger partial charge >= 0.3 is 5.97 Å². The molecule has 1 heterocycles. The predicted molar refractivity (Wildman–Crippen MR) is 71.4 cm³/mol. The molecule has 1 aromatic heterocycles. The Morgan fingerprint density at radius 3 is 3.00 bits per heavy atom. The summed E-state index contributed by atoms with van der Waals surface area (Å²) < 4.78 is 0. The minimum atomic E-state index is -0.754. The van der Waals surface area contributed by atoms with E-state index in [1.807, 2.05) is 19.1 Å². The van der Waals surface area contributed by atoms with E-state index in [-0.39, 0.29) is 0 Å². The highest BCUT2D eigenvalue weighted by atomic mass is 35.5. The lowest BCUT2D eigenvalue weighted by Gasteiger charge is -2.18. The van der Waals surface area contributed by atoms with Crippen LogP contribution >= 0.6 is 11.6 Å². The molecule has 1 aromatic carbocycles. The normalized spacial score (nSPS) is 18.9. The zero-order valence-electron chi connectivity index (χ0n) is 10.1. The number of benzene rings is 1. The molecule has 0 spiro atoms. The third-order valence-electron chi connectivity index (χ3n) is 3.80. The molecule has 0 fully saturated rings. The molecule has 3 rings (SSSR count). The van der Waals surface area contributed by atoms with Gasteiger partial charge in [-0.1, -0.05) is 17.7 Å². The number of H-pyrrole nitrogens is 1. The zero-order chi connectivity index (χ0) is 12.9. The molecule has 2 aromatic rings. The van der Waals surface area contributed by atoms with Crippen molar-refractivity contribution in [2.24, 2.45) is 0 Å². The highest BCUT2D eigenvalue weighted by Gasteiger charge is 2.30. The molecule has 0 saturated heterocycles. The van der Waals surface area contributed by atoms with Crippen LogP contribution in [-0.4, -0.2) is 16.1 Å². The van der Waals surface area contributed by atoms with Crippen LogP contribution in [0.2, 0.25) is 5.02 Å². The summed E-state index contributed by atoms with van der Waals surface area (Å²) in [6, 6.07) is 3.94. The molecule has 3 nitrogen and oxygen atoms in total. The van der Waals surface area contributed by atoms with E-state index in [1.165, 1.54) is 0 Å². The first kappa shape index (κ1) is 11.6. The lowest BCUT2D eigenvalue weighted by molar-refractivity contribution is -0.139. The van der Waals surface area contributed by atoms with Gasteiger partial charge in [-0.15, -0.1) is 0 Å². The SMILES string of the molecule is Cc1ccc2[nH]c3c(c2c1Cl)CCCC3C(=O)O. The lowest BCUT2D eigenvalue weighted by atomic mass is 9.87. The van der Waals surface area contributed by atoms with Crippen molar-refractivity contribution in [3.8, 4) is 0 Å². The number of aromatic amines is 1. The van der Waals surface area contributed by atoms with Gasteiger partial charge in [0.1, 0.15) is 0 Å². The number of nitrogens with one attached hydrogen (secondary N) is 1. The number of carboxylic acids is 1. The summed E-state index contributed by atoms with van der Waals surface area (Å²) in [5.41, 5.74) is 3.92. The topological polar surface area (TPSA) is 53.1 Å². The molecule has 0 radical (unpaired) electrons. The number of halogens is 1. The Kier molecular flexibility index (Phi) is 2.59. The number of hydrogen-bond acceptors (Lipinski definition) is 1. The van der Waals surface area contributed by atoms with Crippen molar-refractivity contribution in [2.45, 2.75) is 32.1 Å². The van der Waals surface area contributed by atoms with Crippen molar-refractivity contribution in [1.29, 1.82) is 0 Å². The van der Waals surface area contributed by atoms with Gasteiger partial charge in [-0.2, -0.15) is 0 Å². The molecule has 2 N–H and O–H groups in total. The second-order valence-corrected chi connectivity index (χ2v) is 5.30. The summed E-state index contributed by atoms with van der Waals surface area (Å²) in [6.45, 7) is 1.97. The van der Waals surface area contributed by atoms with Crippen molar-refractivity contribution >= 4 is 28.5 Å². The number of carbonyl (C=O) groups is 1. The molecule has 1 aliphatic rings. The number of aromatic nitrogens is 1. The van der Waals surface area contributed by atoms with Gasteiger partial charge in [-0.3, -0.25) is 4.79 Å². The van der Waals surface area contributed by atoms with Crippen LogP contribution in [0, 0.1) is 6.92 Å². The second-order valence-electron chi connectivity index (χ2n) is 4.92. The summed E-state index contributed by atoms with van der Waals surface area (Å²) >= 11 is 6.36. The van der Waals surface area contributed by atoms with Crippen molar-refractivity contribution in [1.82, 2.24) is 4.98 Å². The van der Waals surface area contributed by atoms with E-state index in [0.29, 0.717) is 6.42 Å². The highest BCUT2D eigenvalue weighted by Crippen LogP contribution is 2.39. The molecular weight excluding hydrogens is 250 g/mol. The maximum atomic E-state index is 11.3. The number of aliphatic carboxylic acids is 1. The van der Waals surface area contributed by atoms with Gasteiger partial charge < -0.3 is 10.1 Å². The molecule has 4 heteroatoms. The predicted octanol–water partition coefficient (Wildman–Crippen LogP) is 3.63. The first-order valence-corrected chi connectivity index (χ1v) is 6.49. The van der Waals surface area contributed by atoms with E-state index in [4.69, 9.17) is 11.6 Å². The molecule has 0 aliphatic heterocycles. The average molecular weight is 264 g/mol. The Hall–Kier alpha value is -1.48. The molecule has 94 valence electrons. The van der Waals surface area contributed by atoms with Gasteiger partial charge in [0.05, 0.1) is 10.9 Å². The fourth-order valence-electron chi connectivity index (χ4n) is 2.87. The molecule has 0 bridgehead atoms. The summed E-state index contributed by atoms with van der Waals surface area (Å²) in [7, 11) is 0. The fraction of sp³-hybridized carbons (Fsp3) is 0.357. The number of carboxylic acid groups (broad SMARTS) is 1. The van der Waals surface area contributed by atoms with Crippen molar-refractivity contribution in [3.63, 3.8) is 0 Å². The van der Waals surface area contributed by atoms with E-state index < -0.39 is 11.9 Å². The standard InChI is InChI=1S/C14H14ClNO2/c1-7-5-6-10-11(12(7)15)8-3-2-4-9(14(17)18)13(8)16-10/h5-6,9,16H,2-4H2,1H3,(H,17,18). The van der Waals surface area contributed by atoms with E-state index in [9.17, 15) is 9.90 Å². The van der Waals surface area contributed by atoms with Crippen LogP contribution in [0.5, 0.6) is 0 Å². The second kappa shape index (κ2) is 4.02. The number of rotatable bonds is 1. The first-order chi connectivity index (χ1) is 8.59. The fourth-order valence-corrected chi connectivity index (χ4v) is 3.14. The van der Waals surface area contributed by atoms with Gasteiger partial charge in [0.15, 0.2) is 0 Å². The van der Waals surface area contributed by atoms with Gasteiger partial charge in [-0.25, -0.2) is 0 Å². The Labute approximate surface area is 110 Å². The smallest absolute Gasteiger partial charge is 0.312 e. The molecule has 1 atom stereocenters. The summed E-state index contributed by atoms with van der Waals surface area (Å²) in [4.78, 5) is 14.5. The Bertz CT molecular complexity index is 645. The van der Waals surface area contributed by atoms with Crippen LogP contribution in [0.1, 0.15) is 35.6 Å². The quantitative estimate of drug-likeness (QED) is 0.825. The summed E-state index contributed by atoms with van der Waals surface area (Å²) in [5.74, 6) is -1.17. The van der Waals surface area contributed by atoms with Crippen LogP contribution in [0.15, 0.2) is 12.1 Å². The first-order valence-electron chi connectivity index (χ1n) is 6.12. The highest BCUT2D eigenvalue weighted by molar-refractivity contribution is 6.36. The van der Waals surface area contributed by atoms with Crippen LogP contribution < -0.4 is 0 Å². The van der Waals surface area contributed by atoms with Crippen LogP contribution in [0.4, 0.5) is 0 Å². The van der Waals surface area contributed by atoms with E-state index in [2.05, 4.69) is 4.98 Å². The van der Waals surface area contributed by atoms with Crippen molar-refractivity contribution < 1.29 is 9.90 Å². The zero-order valence-corrected chi connectivity index (χ0v) is 10.8.